The van der Waals surface area contributed by atoms with Gasteiger partial charge in [-0.2, -0.15) is 13.2 Å². The van der Waals surface area contributed by atoms with Gasteiger partial charge in [0.15, 0.2) is 0 Å². The molecule has 0 fully saturated rings. The summed E-state index contributed by atoms with van der Waals surface area (Å²) in [4.78, 5) is 4.30. The average molecular weight is 294 g/mol. The van der Waals surface area contributed by atoms with Gasteiger partial charge in [0, 0.05) is 24.4 Å². The Morgan fingerprint density at radius 2 is 1.95 bits per heavy atom. The van der Waals surface area contributed by atoms with E-state index in [1.807, 2.05) is 19.1 Å². The highest BCUT2D eigenvalue weighted by Gasteiger charge is 2.30. The summed E-state index contributed by atoms with van der Waals surface area (Å²) in [5, 5.41) is 3.07. The lowest BCUT2D eigenvalue weighted by Gasteiger charge is -2.18. The standard InChI is InChI=1S/C16H17F3N2/c1-11-5-4-8-21-14(11)10-15(20-2)12-6-3-7-13(9-12)16(17,18)19/h3-9,15,20H,10H2,1-2H3. The molecule has 0 amide bonds. The number of halogens is 3. The fraction of sp³-hybridized carbons (Fsp3) is 0.312. The Labute approximate surface area is 122 Å². The van der Waals surface area contributed by atoms with Gasteiger partial charge in [0.05, 0.1) is 5.56 Å². The molecule has 112 valence electrons. The summed E-state index contributed by atoms with van der Waals surface area (Å²) in [7, 11) is 1.74. The number of benzene rings is 1. The summed E-state index contributed by atoms with van der Waals surface area (Å²) in [6.07, 6.45) is -2.08. The van der Waals surface area contributed by atoms with Crippen molar-refractivity contribution in [3.05, 3.63) is 65.0 Å². The van der Waals surface area contributed by atoms with Crippen LogP contribution in [0.15, 0.2) is 42.6 Å². The number of hydrogen-bond acceptors (Lipinski definition) is 2. The summed E-state index contributed by atoms with van der Waals surface area (Å²) in [6, 6.07) is 9.00. The van der Waals surface area contributed by atoms with Crippen molar-refractivity contribution >= 4 is 0 Å². The fourth-order valence-electron chi connectivity index (χ4n) is 2.24. The lowest BCUT2D eigenvalue weighted by Crippen LogP contribution is -2.20. The number of pyridine rings is 1. The first-order valence-corrected chi connectivity index (χ1v) is 6.66. The first-order valence-electron chi connectivity index (χ1n) is 6.66. The van der Waals surface area contributed by atoms with Gasteiger partial charge in [-0.15, -0.1) is 0 Å². The highest BCUT2D eigenvalue weighted by Crippen LogP contribution is 2.31. The van der Waals surface area contributed by atoms with Crippen LogP contribution >= 0.6 is 0 Å². The van der Waals surface area contributed by atoms with Gasteiger partial charge in [0.2, 0.25) is 0 Å². The molecule has 1 heterocycles. The minimum atomic E-state index is -4.32. The molecule has 0 radical (unpaired) electrons. The molecule has 5 heteroatoms. The summed E-state index contributed by atoms with van der Waals surface area (Å²) in [5.41, 5.74) is 1.90. The quantitative estimate of drug-likeness (QED) is 0.924. The molecular formula is C16H17F3N2. The van der Waals surface area contributed by atoms with Gasteiger partial charge >= 0.3 is 6.18 Å². The number of likely N-dealkylation sites (N-methyl/N-ethyl adjacent to an activating group) is 1. The number of aryl methyl sites for hydroxylation is 1. The van der Waals surface area contributed by atoms with E-state index in [1.165, 1.54) is 12.1 Å². The molecule has 0 saturated carbocycles. The van der Waals surface area contributed by atoms with Crippen LogP contribution < -0.4 is 5.32 Å². The van der Waals surface area contributed by atoms with Crippen LogP contribution in [0.4, 0.5) is 13.2 Å². The van der Waals surface area contributed by atoms with E-state index in [0.29, 0.717) is 12.0 Å². The van der Waals surface area contributed by atoms with Gasteiger partial charge in [0.1, 0.15) is 0 Å². The first-order chi connectivity index (χ1) is 9.91. The number of hydrogen-bond donors (Lipinski definition) is 1. The maximum absolute atomic E-state index is 12.8. The Bertz CT molecular complexity index is 608. The summed E-state index contributed by atoms with van der Waals surface area (Å²) >= 11 is 0. The molecule has 0 spiro atoms. The van der Waals surface area contributed by atoms with E-state index < -0.39 is 11.7 Å². The van der Waals surface area contributed by atoms with E-state index in [4.69, 9.17) is 0 Å². The summed E-state index contributed by atoms with van der Waals surface area (Å²) in [6.45, 7) is 1.95. The number of alkyl halides is 3. The molecule has 0 aliphatic rings. The Kier molecular flexibility index (Phi) is 4.63. The lowest BCUT2D eigenvalue weighted by atomic mass is 9.98. The molecule has 1 N–H and O–H groups in total. The third-order valence-electron chi connectivity index (χ3n) is 3.48. The molecule has 0 aliphatic carbocycles. The highest BCUT2D eigenvalue weighted by atomic mass is 19.4. The van der Waals surface area contributed by atoms with Gasteiger partial charge in [-0.25, -0.2) is 0 Å². The van der Waals surface area contributed by atoms with E-state index in [-0.39, 0.29) is 6.04 Å². The molecule has 1 atom stereocenters. The SMILES string of the molecule is CNC(Cc1ncccc1C)c1cccc(C(F)(F)F)c1. The normalized spacial score (nSPS) is 13.2. The van der Waals surface area contributed by atoms with E-state index in [0.717, 1.165) is 17.3 Å². The average Bonchev–Trinajstić information content (AvgIpc) is 2.46. The number of rotatable bonds is 4. The molecule has 0 saturated heterocycles. The molecule has 1 aromatic carbocycles. The molecule has 0 bridgehead atoms. The first kappa shape index (κ1) is 15.5. The van der Waals surface area contributed by atoms with Crippen LogP contribution in [0.3, 0.4) is 0 Å². The summed E-state index contributed by atoms with van der Waals surface area (Å²) in [5.74, 6) is 0. The number of nitrogens with zero attached hydrogens (tertiary/aromatic N) is 1. The van der Waals surface area contributed by atoms with Crippen molar-refractivity contribution < 1.29 is 13.2 Å². The predicted octanol–water partition coefficient (Wildman–Crippen LogP) is 3.91. The largest absolute Gasteiger partial charge is 0.416 e. The van der Waals surface area contributed by atoms with Crippen LogP contribution in [0.1, 0.15) is 28.4 Å². The number of aromatic nitrogens is 1. The van der Waals surface area contributed by atoms with Crippen LogP contribution in [0.5, 0.6) is 0 Å². The number of nitrogens with one attached hydrogen (secondary N) is 1. The van der Waals surface area contributed by atoms with Crippen LogP contribution in [0.25, 0.3) is 0 Å². The molecule has 21 heavy (non-hydrogen) atoms. The minimum absolute atomic E-state index is 0.208. The van der Waals surface area contributed by atoms with Crippen molar-refractivity contribution in [3.8, 4) is 0 Å². The second-order valence-corrected chi connectivity index (χ2v) is 4.94. The van der Waals surface area contributed by atoms with Crippen molar-refractivity contribution in [3.63, 3.8) is 0 Å². The Morgan fingerprint density at radius 3 is 2.57 bits per heavy atom. The minimum Gasteiger partial charge on any atom is -0.313 e. The zero-order chi connectivity index (χ0) is 15.5. The van der Waals surface area contributed by atoms with Crippen LogP contribution in [0.2, 0.25) is 0 Å². The molecule has 1 aromatic heterocycles. The van der Waals surface area contributed by atoms with Gasteiger partial charge < -0.3 is 5.32 Å². The van der Waals surface area contributed by atoms with Crippen molar-refractivity contribution in [2.24, 2.45) is 0 Å². The smallest absolute Gasteiger partial charge is 0.313 e. The Hall–Kier alpha value is -1.88. The van der Waals surface area contributed by atoms with Crippen molar-refractivity contribution in [2.45, 2.75) is 25.6 Å². The lowest BCUT2D eigenvalue weighted by molar-refractivity contribution is -0.137. The van der Waals surface area contributed by atoms with E-state index in [1.54, 1.807) is 19.3 Å². The van der Waals surface area contributed by atoms with Crippen LogP contribution in [0, 0.1) is 6.92 Å². The van der Waals surface area contributed by atoms with Gasteiger partial charge in [-0.3, -0.25) is 4.98 Å². The van der Waals surface area contributed by atoms with Crippen LogP contribution in [-0.2, 0) is 12.6 Å². The topological polar surface area (TPSA) is 24.9 Å². The van der Waals surface area contributed by atoms with E-state index >= 15 is 0 Å². The Morgan fingerprint density at radius 1 is 1.19 bits per heavy atom. The molecule has 2 aromatic rings. The second kappa shape index (κ2) is 6.26. The monoisotopic (exact) mass is 294 g/mol. The van der Waals surface area contributed by atoms with Crippen molar-refractivity contribution in [1.82, 2.24) is 10.3 Å². The second-order valence-electron chi connectivity index (χ2n) is 4.94. The zero-order valence-corrected chi connectivity index (χ0v) is 11.9. The Balaban J connectivity index is 2.28. The van der Waals surface area contributed by atoms with E-state index in [9.17, 15) is 13.2 Å². The van der Waals surface area contributed by atoms with Gasteiger partial charge in [-0.05, 0) is 43.3 Å². The maximum Gasteiger partial charge on any atom is 0.416 e. The molecule has 1 unspecified atom stereocenters. The van der Waals surface area contributed by atoms with Crippen LogP contribution in [-0.4, -0.2) is 12.0 Å². The molecular weight excluding hydrogens is 277 g/mol. The molecule has 2 rings (SSSR count). The molecule has 0 aliphatic heterocycles. The third kappa shape index (κ3) is 3.82. The predicted molar refractivity (Wildman–Crippen MR) is 75.9 cm³/mol. The van der Waals surface area contributed by atoms with Crippen molar-refractivity contribution in [2.75, 3.05) is 7.05 Å². The van der Waals surface area contributed by atoms with Gasteiger partial charge in [-0.1, -0.05) is 18.2 Å². The highest BCUT2D eigenvalue weighted by molar-refractivity contribution is 5.30. The van der Waals surface area contributed by atoms with Gasteiger partial charge in [0.25, 0.3) is 0 Å². The third-order valence-corrected chi connectivity index (χ3v) is 3.48. The van der Waals surface area contributed by atoms with E-state index in [2.05, 4.69) is 10.3 Å². The van der Waals surface area contributed by atoms with Crippen molar-refractivity contribution in [1.29, 1.82) is 0 Å². The maximum atomic E-state index is 12.8. The molecule has 2 nitrogen and oxygen atoms in total. The summed E-state index contributed by atoms with van der Waals surface area (Å²) < 4.78 is 38.4. The fourth-order valence-corrected chi connectivity index (χ4v) is 2.24. The zero-order valence-electron chi connectivity index (χ0n) is 11.9.